The fourth-order valence-electron chi connectivity index (χ4n) is 2.78. The van der Waals surface area contributed by atoms with Crippen molar-refractivity contribution in [3.63, 3.8) is 0 Å². The van der Waals surface area contributed by atoms with Gasteiger partial charge in [0.05, 0.1) is 11.0 Å². The molecule has 0 bridgehead atoms. The van der Waals surface area contributed by atoms with Gasteiger partial charge in [0.15, 0.2) is 5.11 Å². The predicted molar refractivity (Wildman–Crippen MR) is 99.1 cm³/mol. The molecule has 4 rings (SSSR count). The molecule has 0 radical (unpaired) electrons. The Labute approximate surface area is 146 Å². The molecular weight excluding hydrogens is 318 g/mol. The number of aromatic nitrogens is 3. The number of fused-ring (bicyclic) bond motifs is 1. The van der Waals surface area contributed by atoms with Crippen LogP contribution in [0.5, 0.6) is 0 Å². The smallest absolute Gasteiger partial charge is 0.166 e. The van der Waals surface area contributed by atoms with Crippen molar-refractivity contribution in [2.45, 2.75) is 31.8 Å². The molecule has 1 aliphatic rings. The number of nitrogens with one attached hydrogen (secondary N) is 2. The van der Waals surface area contributed by atoms with Gasteiger partial charge in [0, 0.05) is 18.8 Å². The van der Waals surface area contributed by atoms with Gasteiger partial charge in [-0.05, 0) is 55.2 Å². The second kappa shape index (κ2) is 6.57. The van der Waals surface area contributed by atoms with Gasteiger partial charge in [-0.2, -0.15) is 0 Å². The Bertz CT molecular complexity index is 851. The van der Waals surface area contributed by atoms with E-state index in [9.17, 15) is 0 Å². The lowest BCUT2D eigenvalue weighted by molar-refractivity contribution is 0.382. The van der Waals surface area contributed by atoms with Crippen molar-refractivity contribution < 1.29 is 0 Å². The first-order valence-corrected chi connectivity index (χ1v) is 8.62. The van der Waals surface area contributed by atoms with Crippen LogP contribution in [-0.2, 0) is 6.54 Å². The summed E-state index contributed by atoms with van der Waals surface area (Å²) >= 11 is 5.32. The van der Waals surface area contributed by atoms with Crippen molar-refractivity contribution in [1.82, 2.24) is 25.2 Å². The summed E-state index contributed by atoms with van der Waals surface area (Å²) in [4.78, 5) is 8.96. The van der Waals surface area contributed by atoms with Crippen LogP contribution >= 0.6 is 12.2 Å². The number of hydrogen-bond acceptors (Lipinski definition) is 3. The highest BCUT2D eigenvalue weighted by Crippen LogP contribution is 2.18. The van der Waals surface area contributed by atoms with Crippen LogP contribution in [0.4, 0.5) is 0 Å². The van der Waals surface area contributed by atoms with Gasteiger partial charge in [0.1, 0.15) is 12.1 Å². The number of para-hydroxylation sites is 2. The molecule has 122 valence electrons. The van der Waals surface area contributed by atoms with Crippen molar-refractivity contribution in [2.24, 2.45) is 0 Å². The summed E-state index contributed by atoms with van der Waals surface area (Å²) in [6.07, 6.45) is 7.42. The second-order valence-corrected chi connectivity index (χ2v) is 6.49. The number of hydrogen-bond donors (Lipinski definition) is 2. The highest BCUT2D eigenvalue weighted by molar-refractivity contribution is 7.80. The Balaban J connectivity index is 1.42. The molecule has 0 spiro atoms. The molecular formula is C18H19N5S. The average molecular weight is 337 g/mol. The van der Waals surface area contributed by atoms with Crippen LogP contribution in [0.3, 0.4) is 0 Å². The summed E-state index contributed by atoms with van der Waals surface area (Å²) in [7, 11) is 0. The molecule has 3 aromatic rings. The topological polar surface area (TPSA) is 54.8 Å². The number of nitrogens with zero attached hydrogens (tertiary/aromatic N) is 3. The van der Waals surface area contributed by atoms with Crippen molar-refractivity contribution >= 4 is 28.4 Å². The largest absolute Gasteiger partial charge is 0.360 e. The molecule has 0 unspecified atom stereocenters. The van der Waals surface area contributed by atoms with E-state index >= 15 is 0 Å². The average Bonchev–Trinajstić information content (AvgIpc) is 3.01. The highest BCUT2D eigenvalue weighted by atomic mass is 32.1. The van der Waals surface area contributed by atoms with E-state index in [1.54, 1.807) is 0 Å². The fraction of sp³-hybridized carbons (Fsp3) is 0.278. The first-order chi connectivity index (χ1) is 11.8. The van der Waals surface area contributed by atoms with Crippen LogP contribution in [0, 0.1) is 0 Å². The van der Waals surface area contributed by atoms with Crippen molar-refractivity contribution in [3.05, 3.63) is 54.5 Å². The zero-order valence-corrected chi connectivity index (χ0v) is 14.1. The lowest BCUT2D eigenvalue weighted by atomic mass is 9.93. The molecule has 5 nitrogen and oxygen atoms in total. The van der Waals surface area contributed by atoms with Crippen LogP contribution in [-0.4, -0.2) is 25.7 Å². The van der Waals surface area contributed by atoms with Crippen molar-refractivity contribution in [3.8, 4) is 5.82 Å². The van der Waals surface area contributed by atoms with E-state index in [-0.39, 0.29) is 0 Å². The van der Waals surface area contributed by atoms with Gasteiger partial charge in [-0.1, -0.05) is 18.2 Å². The van der Waals surface area contributed by atoms with E-state index in [4.69, 9.17) is 12.2 Å². The van der Waals surface area contributed by atoms with E-state index in [0.717, 1.165) is 27.5 Å². The molecule has 6 heteroatoms. The first kappa shape index (κ1) is 15.1. The third-order valence-electron chi connectivity index (χ3n) is 4.40. The number of pyridine rings is 1. The molecule has 0 aliphatic heterocycles. The van der Waals surface area contributed by atoms with E-state index in [0.29, 0.717) is 12.6 Å². The van der Waals surface area contributed by atoms with Crippen LogP contribution < -0.4 is 10.6 Å². The zero-order chi connectivity index (χ0) is 16.4. The molecule has 0 amide bonds. The van der Waals surface area contributed by atoms with Crippen LogP contribution in [0.25, 0.3) is 16.9 Å². The van der Waals surface area contributed by atoms with Gasteiger partial charge in [-0.3, -0.25) is 4.57 Å². The maximum atomic E-state index is 5.32. The Morgan fingerprint density at radius 2 is 2.04 bits per heavy atom. The van der Waals surface area contributed by atoms with Crippen LogP contribution in [0.15, 0.2) is 48.9 Å². The number of thiocarbonyl (C=S) groups is 1. The monoisotopic (exact) mass is 337 g/mol. The molecule has 2 heterocycles. The first-order valence-electron chi connectivity index (χ1n) is 8.21. The standard InChI is InChI=1S/C18H19N5S/c24-18(22-14-4-3-5-14)20-11-13-8-9-17(19-10-13)23-12-21-15-6-1-2-7-16(15)23/h1-2,6-10,12,14H,3-5,11H2,(H2,20,22,24). The lowest BCUT2D eigenvalue weighted by Crippen LogP contribution is -2.44. The Hall–Kier alpha value is -2.47. The minimum absolute atomic E-state index is 0.556. The summed E-state index contributed by atoms with van der Waals surface area (Å²) in [5.41, 5.74) is 3.13. The van der Waals surface area contributed by atoms with E-state index in [1.165, 1.54) is 19.3 Å². The number of rotatable bonds is 4. The third kappa shape index (κ3) is 3.10. The molecule has 1 aliphatic carbocycles. The molecule has 0 atom stereocenters. The Morgan fingerprint density at radius 3 is 2.79 bits per heavy atom. The summed E-state index contributed by atoms with van der Waals surface area (Å²) < 4.78 is 2.00. The highest BCUT2D eigenvalue weighted by Gasteiger charge is 2.17. The van der Waals surface area contributed by atoms with Crippen LogP contribution in [0.2, 0.25) is 0 Å². The molecule has 1 saturated carbocycles. The summed E-state index contributed by atoms with van der Waals surface area (Å²) in [5.74, 6) is 0.864. The summed E-state index contributed by atoms with van der Waals surface area (Å²) in [6.45, 7) is 0.677. The maximum absolute atomic E-state index is 5.32. The zero-order valence-electron chi connectivity index (χ0n) is 13.3. The molecule has 1 aromatic carbocycles. The Kier molecular flexibility index (Phi) is 4.13. The lowest BCUT2D eigenvalue weighted by Gasteiger charge is -2.27. The molecule has 0 saturated heterocycles. The normalized spacial score (nSPS) is 14.3. The van der Waals surface area contributed by atoms with Gasteiger partial charge >= 0.3 is 0 Å². The molecule has 2 N–H and O–H groups in total. The van der Waals surface area contributed by atoms with Crippen molar-refractivity contribution in [2.75, 3.05) is 0 Å². The van der Waals surface area contributed by atoms with Crippen molar-refractivity contribution in [1.29, 1.82) is 0 Å². The minimum Gasteiger partial charge on any atom is -0.360 e. The van der Waals surface area contributed by atoms with Gasteiger partial charge in [-0.25, -0.2) is 9.97 Å². The summed E-state index contributed by atoms with van der Waals surface area (Å²) in [6, 6.07) is 12.7. The van der Waals surface area contributed by atoms with E-state index in [1.807, 2.05) is 47.4 Å². The minimum atomic E-state index is 0.556. The SMILES string of the molecule is S=C(NCc1ccc(-n2cnc3ccccc32)nc1)NC1CCC1. The maximum Gasteiger partial charge on any atom is 0.166 e. The number of imidazole rings is 1. The molecule has 24 heavy (non-hydrogen) atoms. The van der Waals surface area contributed by atoms with Gasteiger partial charge in [0.25, 0.3) is 0 Å². The summed E-state index contributed by atoms with van der Waals surface area (Å²) in [5, 5.41) is 7.30. The molecule has 2 aromatic heterocycles. The van der Waals surface area contributed by atoms with Crippen LogP contribution in [0.1, 0.15) is 24.8 Å². The third-order valence-corrected chi connectivity index (χ3v) is 4.67. The molecule has 1 fully saturated rings. The quantitative estimate of drug-likeness (QED) is 0.717. The van der Waals surface area contributed by atoms with Gasteiger partial charge < -0.3 is 10.6 Å². The predicted octanol–water partition coefficient (Wildman–Crippen LogP) is 2.94. The van der Waals surface area contributed by atoms with Gasteiger partial charge in [-0.15, -0.1) is 0 Å². The second-order valence-electron chi connectivity index (χ2n) is 6.08. The van der Waals surface area contributed by atoms with E-state index < -0.39 is 0 Å². The van der Waals surface area contributed by atoms with E-state index in [2.05, 4.69) is 26.7 Å². The Morgan fingerprint density at radius 1 is 1.17 bits per heavy atom. The number of benzene rings is 1. The van der Waals surface area contributed by atoms with Gasteiger partial charge in [0.2, 0.25) is 0 Å². The fourth-order valence-corrected chi connectivity index (χ4v) is 3.02.